The molecule has 7 nitrogen and oxygen atoms in total. The molecule has 0 aliphatic rings. The number of halogens is 1. The average molecular weight is 338 g/mol. The second-order valence-electron chi connectivity index (χ2n) is 4.23. The third-order valence-electron chi connectivity index (χ3n) is 2.64. The molecule has 8 heteroatoms. The molecule has 0 unspecified atom stereocenters. The fourth-order valence-corrected chi connectivity index (χ4v) is 2.34. The van der Waals surface area contributed by atoms with E-state index in [4.69, 9.17) is 5.73 Å². The van der Waals surface area contributed by atoms with Gasteiger partial charge in [0, 0.05) is 4.47 Å². The number of hydrogen-bond acceptors (Lipinski definition) is 6. The summed E-state index contributed by atoms with van der Waals surface area (Å²) in [5.74, 6) is 0.0587. The van der Waals surface area contributed by atoms with Gasteiger partial charge in [-0.25, -0.2) is 4.98 Å². The lowest BCUT2D eigenvalue weighted by Crippen LogP contribution is -2.07. The Morgan fingerprint density at radius 3 is 2.65 bits per heavy atom. The van der Waals surface area contributed by atoms with E-state index in [0.717, 1.165) is 10.0 Å². The van der Waals surface area contributed by atoms with Crippen molar-refractivity contribution in [3.8, 4) is 0 Å². The summed E-state index contributed by atoms with van der Waals surface area (Å²) in [7, 11) is 0. The molecule has 0 aliphatic carbocycles. The van der Waals surface area contributed by atoms with Crippen LogP contribution in [0.5, 0.6) is 0 Å². The highest BCUT2D eigenvalue weighted by Crippen LogP contribution is 2.32. The fourth-order valence-electron chi connectivity index (χ4n) is 1.74. The molecule has 0 radical (unpaired) electrons. The molecule has 3 N–H and O–H groups in total. The van der Waals surface area contributed by atoms with E-state index in [-0.39, 0.29) is 23.1 Å². The number of hydrogen-bond donors (Lipinski definition) is 2. The largest absolute Gasteiger partial charge is 0.368 e. The third-order valence-corrected chi connectivity index (χ3v) is 3.29. The van der Waals surface area contributed by atoms with E-state index in [1.165, 1.54) is 6.92 Å². The van der Waals surface area contributed by atoms with Crippen molar-refractivity contribution in [3.63, 3.8) is 0 Å². The minimum absolute atomic E-state index is 0.0150. The SMILES string of the molecule is Cc1ccc(Nc2nc(N)nc(C)c2[N+](=O)[O-])c(Br)c1. The van der Waals surface area contributed by atoms with Gasteiger partial charge in [0.1, 0.15) is 5.69 Å². The maximum atomic E-state index is 11.1. The van der Waals surface area contributed by atoms with Crippen LogP contribution in [0.25, 0.3) is 0 Å². The predicted octanol–water partition coefficient (Wildman–Crippen LogP) is 3.09. The van der Waals surface area contributed by atoms with E-state index in [1.54, 1.807) is 6.07 Å². The maximum Gasteiger partial charge on any atom is 0.332 e. The molecular formula is C12H12BrN5O2. The molecule has 0 spiro atoms. The Morgan fingerprint density at radius 1 is 1.35 bits per heavy atom. The zero-order chi connectivity index (χ0) is 14.9. The second-order valence-corrected chi connectivity index (χ2v) is 5.08. The first-order valence-corrected chi connectivity index (χ1v) is 6.49. The van der Waals surface area contributed by atoms with Gasteiger partial charge in [-0.15, -0.1) is 0 Å². The molecule has 20 heavy (non-hydrogen) atoms. The molecule has 0 saturated heterocycles. The van der Waals surface area contributed by atoms with Crippen molar-refractivity contribution in [3.05, 3.63) is 44.0 Å². The average Bonchev–Trinajstić information content (AvgIpc) is 2.31. The van der Waals surface area contributed by atoms with Crippen molar-refractivity contribution in [1.29, 1.82) is 0 Å². The Kier molecular flexibility index (Phi) is 3.84. The highest BCUT2D eigenvalue weighted by Gasteiger charge is 2.22. The summed E-state index contributed by atoms with van der Waals surface area (Å²) in [5, 5.41) is 14.0. The number of aryl methyl sites for hydroxylation is 2. The van der Waals surface area contributed by atoms with Gasteiger partial charge in [-0.3, -0.25) is 10.1 Å². The molecule has 1 aromatic carbocycles. The predicted molar refractivity (Wildman–Crippen MR) is 80.0 cm³/mol. The highest BCUT2D eigenvalue weighted by atomic mass is 79.9. The minimum Gasteiger partial charge on any atom is -0.368 e. The fraction of sp³-hybridized carbons (Fsp3) is 0.167. The van der Waals surface area contributed by atoms with Crippen molar-refractivity contribution >= 4 is 39.1 Å². The Bertz CT molecular complexity index is 690. The van der Waals surface area contributed by atoms with Crippen molar-refractivity contribution in [2.45, 2.75) is 13.8 Å². The first-order chi connectivity index (χ1) is 9.38. The Labute approximate surface area is 123 Å². The molecule has 0 saturated carbocycles. The van der Waals surface area contributed by atoms with Crippen molar-refractivity contribution in [2.75, 3.05) is 11.1 Å². The molecule has 0 amide bonds. The highest BCUT2D eigenvalue weighted by molar-refractivity contribution is 9.10. The van der Waals surface area contributed by atoms with Gasteiger partial charge in [0.05, 0.1) is 10.6 Å². The summed E-state index contributed by atoms with van der Waals surface area (Å²) in [6, 6.07) is 5.58. The third kappa shape index (κ3) is 2.85. The first-order valence-electron chi connectivity index (χ1n) is 5.70. The van der Waals surface area contributed by atoms with Crippen LogP contribution in [0, 0.1) is 24.0 Å². The number of nitrogen functional groups attached to an aromatic ring is 1. The topological polar surface area (TPSA) is 107 Å². The van der Waals surface area contributed by atoms with Crippen LogP contribution in [0.4, 0.5) is 23.1 Å². The van der Waals surface area contributed by atoms with Gasteiger partial charge >= 0.3 is 5.69 Å². The Morgan fingerprint density at radius 2 is 2.05 bits per heavy atom. The van der Waals surface area contributed by atoms with E-state index in [1.807, 2.05) is 19.1 Å². The van der Waals surface area contributed by atoms with E-state index in [2.05, 4.69) is 31.2 Å². The van der Waals surface area contributed by atoms with E-state index in [9.17, 15) is 10.1 Å². The lowest BCUT2D eigenvalue weighted by atomic mass is 10.2. The summed E-state index contributed by atoms with van der Waals surface area (Å²) in [4.78, 5) is 18.3. The number of anilines is 3. The number of rotatable bonds is 3. The summed E-state index contributed by atoms with van der Waals surface area (Å²) >= 11 is 3.40. The normalized spacial score (nSPS) is 10.3. The van der Waals surface area contributed by atoms with Crippen molar-refractivity contribution < 1.29 is 4.92 Å². The summed E-state index contributed by atoms with van der Waals surface area (Å²) in [5.41, 5.74) is 7.30. The van der Waals surface area contributed by atoms with Gasteiger partial charge < -0.3 is 11.1 Å². The number of nitro groups is 1. The van der Waals surface area contributed by atoms with Crippen LogP contribution in [0.1, 0.15) is 11.3 Å². The maximum absolute atomic E-state index is 11.1. The zero-order valence-corrected chi connectivity index (χ0v) is 12.4. The van der Waals surface area contributed by atoms with E-state index < -0.39 is 4.92 Å². The number of nitrogens with one attached hydrogen (secondary N) is 1. The Hall–Kier alpha value is -2.22. The molecule has 0 aliphatic heterocycles. The van der Waals surface area contributed by atoms with Gasteiger partial charge in [0.2, 0.25) is 11.8 Å². The summed E-state index contributed by atoms with van der Waals surface area (Å²) in [6.45, 7) is 3.47. The van der Waals surface area contributed by atoms with Crippen molar-refractivity contribution in [1.82, 2.24) is 9.97 Å². The van der Waals surface area contributed by atoms with Crippen LogP contribution in [0.3, 0.4) is 0 Å². The van der Waals surface area contributed by atoms with Gasteiger partial charge in [-0.1, -0.05) is 6.07 Å². The molecule has 1 heterocycles. The lowest BCUT2D eigenvalue weighted by Gasteiger charge is -2.10. The van der Waals surface area contributed by atoms with Crippen LogP contribution < -0.4 is 11.1 Å². The molecule has 0 atom stereocenters. The zero-order valence-electron chi connectivity index (χ0n) is 10.8. The van der Waals surface area contributed by atoms with Gasteiger partial charge in [-0.2, -0.15) is 4.98 Å². The van der Waals surface area contributed by atoms with Crippen LogP contribution >= 0.6 is 15.9 Å². The molecule has 2 rings (SSSR count). The van der Waals surface area contributed by atoms with Crippen LogP contribution in [0.15, 0.2) is 22.7 Å². The number of aromatic nitrogens is 2. The van der Waals surface area contributed by atoms with Crippen LogP contribution in [-0.4, -0.2) is 14.9 Å². The monoisotopic (exact) mass is 337 g/mol. The summed E-state index contributed by atoms with van der Waals surface area (Å²) < 4.78 is 0.779. The number of nitrogens with two attached hydrogens (primary N) is 1. The van der Waals surface area contributed by atoms with Gasteiger partial charge in [0.15, 0.2) is 0 Å². The standard InChI is InChI=1S/C12H12BrN5O2/c1-6-3-4-9(8(13)5-6)16-11-10(18(19)20)7(2)15-12(14)17-11/h3-5H,1-2H3,(H3,14,15,16,17). The molecule has 0 fully saturated rings. The number of benzene rings is 1. The lowest BCUT2D eigenvalue weighted by molar-refractivity contribution is -0.385. The van der Waals surface area contributed by atoms with Crippen molar-refractivity contribution in [2.24, 2.45) is 0 Å². The first kappa shape index (κ1) is 14.2. The summed E-state index contributed by atoms with van der Waals surface area (Å²) in [6.07, 6.45) is 0. The van der Waals surface area contributed by atoms with Crippen LogP contribution in [-0.2, 0) is 0 Å². The molecule has 104 valence electrons. The molecular weight excluding hydrogens is 326 g/mol. The van der Waals surface area contributed by atoms with Gasteiger partial charge in [0.25, 0.3) is 0 Å². The number of nitrogens with zero attached hydrogens (tertiary/aromatic N) is 3. The molecule has 2 aromatic rings. The molecule has 0 bridgehead atoms. The minimum atomic E-state index is -0.529. The van der Waals surface area contributed by atoms with E-state index >= 15 is 0 Å². The molecule has 1 aromatic heterocycles. The van der Waals surface area contributed by atoms with E-state index in [0.29, 0.717) is 5.69 Å². The Balaban J connectivity index is 2.50. The quantitative estimate of drug-likeness (QED) is 0.658. The second kappa shape index (κ2) is 5.41. The van der Waals surface area contributed by atoms with Gasteiger partial charge in [-0.05, 0) is 47.5 Å². The van der Waals surface area contributed by atoms with Crippen LogP contribution in [0.2, 0.25) is 0 Å². The smallest absolute Gasteiger partial charge is 0.332 e.